The summed E-state index contributed by atoms with van der Waals surface area (Å²) in [4.78, 5) is 36.3. The minimum atomic E-state index is -0.705. The maximum Gasteiger partial charge on any atom is 0.308 e. The van der Waals surface area contributed by atoms with E-state index < -0.39 is 5.97 Å². The van der Waals surface area contributed by atoms with Crippen LogP contribution in [0.25, 0.3) is 0 Å². The van der Waals surface area contributed by atoms with Crippen LogP contribution in [-0.2, 0) is 16.1 Å². The largest absolute Gasteiger partial charge is 0.481 e. The highest BCUT2D eigenvalue weighted by atomic mass is 16.4. The first-order valence-corrected chi connectivity index (χ1v) is 10.8. The molecule has 7 nitrogen and oxygen atoms in total. The van der Waals surface area contributed by atoms with Crippen molar-refractivity contribution in [2.45, 2.75) is 57.9 Å². The molecule has 7 heteroatoms. The highest BCUT2D eigenvalue weighted by Crippen LogP contribution is 2.45. The van der Waals surface area contributed by atoms with Crippen LogP contribution in [0.1, 0.15) is 57.2 Å². The van der Waals surface area contributed by atoms with E-state index in [0.717, 1.165) is 25.2 Å². The van der Waals surface area contributed by atoms with E-state index in [4.69, 9.17) is 0 Å². The van der Waals surface area contributed by atoms with Gasteiger partial charge in [-0.2, -0.15) is 0 Å². The summed E-state index contributed by atoms with van der Waals surface area (Å²) >= 11 is 0. The molecule has 2 N–H and O–H groups in total. The Morgan fingerprint density at radius 1 is 1.21 bits per heavy atom. The molecule has 0 aromatic carbocycles. The number of aliphatic carboxylic acids is 1. The standard InChI is InChI=1S/C21H32N4O3/c26-19(12-16-4-2-1-3-5-16)25-10-6-21(7-11-25)15-24(13-17(21)20(27)28)14-18-22-8-9-23-18/h8-9,16-17H,1-7,10-15H2,(H,22,23)(H,27,28). The van der Waals surface area contributed by atoms with E-state index in [1.165, 1.54) is 32.1 Å². The summed E-state index contributed by atoms with van der Waals surface area (Å²) in [5.74, 6) is 0.640. The van der Waals surface area contributed by atoms with Crippen LogP contribution in [0.2, 0.25) is 0 Å². The third kappa shape index (κ3) is 4.09. The molecule has 0 radical (unpaired) electrons. The molecule has 154 valence electrons. The third-order valence-corrected chi connectivity index (χ3v) is 7.24. The average Bonchev–Trinajstić information content (AvgIpc) is 3.32. The van der Waals surface area contributed by atoms with E-state index in [1.54, 1.807) is 12.4 Å². The molecule has 2 saturated heterocycles. The molecule has 1 spiro atoms. The molecule has 1 aliphatic carbocycles. The lowest BCUT2D eigenvalue weighted by molar-refractivity contribution is -0.146. The number of H-pyrrole nitrogens is 1. The Hall–Kier alpha value is -1.89. The molecule has 4 rings (SSSR count). The number of nitrogens with zero attached hydrogens (tertiary/aromatic N) is 3. The number of imidazole rings is 1. The maximum absolute atomic E-state index is 12.7. The minimum absolute atomic E-state index is 0.222. The number of aromatic nitrogens is 2. The number of aromatic amines is 1. The second kappa shape index (κ2) is 8.23. The Kier molecular flexibility index (Phi) is 5.71. The quantitative estimate of drug-likeness (QED) is 0.809. The number of hydrogen-bond acceptors (Lipinski definition) is 4. The number of likely N-dealkylation sites (tertiary alicyclic amines) is 2. The van der Waals surface area contributed by atoms with Gasteiger partial charge in [0.05, 0.1) is 12.5 Å². The van der Waals surface area contributed by atoms with Crippen molar-refractivity contribution < 1.29 is 14.7 Å². The van der Waals surface area contributed by atoms with E-state index in [-0.39, 0.29) is 17.2 Å². The number of carbonyl (C=O) groups excluding carboxylic acids is 1. The molecule has 1 aromatic rings. The number of carbonyl (C=O) groups is 2. The first-order valence-electron chi connectivity index (χ1n) is 10.8. The van der Waals surface area contributed by atoms with Crippen molar-refractivity contribution in [3.63, 3.8) is 0 Å². The lowest BCUT2D eigenvalue weighted by atomic mass is 9.70. The molecule has 28 heavy (non-hydrogen) atoms. The molecule has 1 atom stereocenters. The van der Waals surface area contributed by atoms with Gasteiger partial charge in [-0.1, -0.05) is 19.3 Å². The monoisotopic (exact) mass is 388 g/mol. The van der Waals surface area contributed by atoms with Crippen molar-refractivity contribution in [1.29, 1.82) is 0 Å². The smallest absolute Gasteiger partial charge is 0.308 e. The molecule has 0 bridgehead atoms. The molecular formula is C21H32N4O3. The maximum atomic E-state index is 12.7. The number of rotatable bonds is 5. The van der Waals surface area contributed by atoms with Crippen molar-refractivity contribution in [3.8, 4) is 0 Å². The van der Waals surface area contributed by atoms with Crippen LogP contribution >= 0.6 is 0 Å². The summed E-state index contributed by atoms with van der Waals surface area (Å²) in [7, 11) is 0. The molecule has 3 fully saturated rings. The van der Waals surface area contributed by atoms with Crippen molar-refractivity contribution >= 4 is 11.9 Å². The van der Waals surface area contributed by atoms with Gasteiger partial charge < -0.3 is 15.0 Å². The topological polar surface area (TPSA) is 89.5 Å². The van der Waals surface area contributed by atoms with Crippen molar-refractivity contribution in [1.82, 2.24) is 19.8 Å². The SMILES string of the molecule is O=C(O)C1CN(Cc2ncc[nH]2)CC12CCN(C(=O)CC1CCCCC1)CC2. The molecule has 1 aromatic heterocycles. The van der Waals surface area contributed by atoms with Gasteiger partial charge in [0.1, 0.15) is 5.82 Å². The van der Waals surface area contributed by atoms with E-state index in [0.29, 0.717) is 38.5 Å². The predicted octanol–water partition coefficient (Wildman–Crippen LogP) is 2.51. The molecular weight excluding hydrogens is 356 g/mol. The van der Waals surface area contributed by atoms with Crippen molar-refractivity contribution in [3.05, 3.63) is 18.2 Å². The second-order valence-corrected chi connectivity index (χ2v) is 9.05. The average molecular weight is 389 g/mol. The number of carboxylic acid groups (broad SMARTS) is 1. The second-order valence-electron chi connectivity index (χ2n) is 9.05. The lowest BCUT2D eigenvalue weighted by Gasteiger charge is -2.42. The van der Waals surface area contributed by atoms with E-state index in [2.05, 4.69) is 14.9 Å². The first-order chi connectivity index (χ1) is 13.6. The van der Waals surface area contributed by atoms with Gasteiger partial charge in [-0.15, -0.1) is 0 Å². The van der Waals surface area contributed by atoms with Crippen LogP contribution in [0.15, 0.2) is 12.4 Å². The highest BCUT2D eigenvalue weighted by molar-refractivity contribution is 5.77. The van der Waals surface area contributed by atoms with Crippen LogP contribution in [0.4, 0.5) is 0 Å². The van der Waals surface area contributed by atoms with Crippen molar-refractivity contribution in [2.24, 2.45) is 17.3 Å². The molecule has 1 unspecified atom stereocenters. The van der Waals surface area contributed by atoms with Crippen LogP contribution in [-0.4, -0.2) is 62.9 Å². The highest BCUT2D eigenvalue weighted by Gasteiger charge is 2.51. The molecule has 3 aliphatic rings. The zero-order chi connectivity index (χ0) is 19.6. The Bertz CT molecular complexity index is 676. The number of piperidine rings is 1. The van der Waals surface area contributed by atoms with Gasteiger partial charge in [-0.05, 0) is 31.6 Å². The van der Waals surface area contributed by atoms with E-state index in [9.17, 15) is 14.7 Å². The summed E-state index contributed by atoms with van der Waals surface area (Å²) in [6.07, 6.45) is 12.0. The minimum Gasteiger partial charge on any atom is -0.481 e. The van der Waals surface area contributed by atoms with Crippen LogP contribution in [0, 0.1) is 17.3 Å². The Morgan fingerprint density at radius 3 is 2.61 bits per heavy atom. The fraction of sp³-hybridized carbons (Fsp3) is 0.762. The summed E-state index contributed by atoms with van der Waals surface area (Å²) in [6.45, 7) is 3.39. The zero-order valence-electron chi connectivity index (χ0n) is 16.6. The summed E-state index contributed by atoms with van der Waals surface area (Å²) < 4.78 is 0. The normalized spacial score (nSPS) is 26.0. The predicted molar refractivity (Wildman–Crippen MR) is 104 cm³/mol. The fourth-order valence-corrected chi connectivity index (χ4v) is 5.60. The Labute approximate surface area is 166 Å². The van der Waals surface area contributed by atoms with Crippen LogP contribution < -0.4 is 0 Å². The summed E-state index contributed by atoms with van der Waals surface area (Å²) in [6, 6.07) is 0. The Balaban J connectivity index is 1.35. The van der Waals surface area contributed by atoms with E-state index in [1.807, 2.05) is 4.90 Å². The number of amides is 1. The molecule has 2 aliphatic heterocycles. The molecule has 1 amide bonds. The van der Waals surface area contributed by atoms with E-state index >= 15 is 0 Å². The number of nitrogens with one attached hydrogen (secondary N) is 1. The summed E-state index contributed by atoms with van der Waals surface area (Å²) in [5.41, 5.74) is -0.222. The summed E-state index contributed by atoms with van der Waals surface area (Å²) in [5, 5.41) is 9.84. The van der Waals surface area contributed by atoms with Gasteiger partial charge in [0.15, 0.2) is 0 Å². The molecule has 1 saturated carbocycles. The first kappa shape index (κ1) is 19.4. The van der Waals surface area contributed by atoms with Gasteiger partial charge in [-0.3, -0.25) is 14.5 Å². The fourth-order valence-electron chi connectivity index (χ4n) is 5.60. The number of hydrogen-bond donors (Lipinski definition) is 2. The van der Waals surface area contributed by atoms with Crippen LogP contribution in [0.3, 0.4) is 0 Å². The zero-order valence-corrected chi connectivity index (χ0v) is 16.6. The third-order valence-electron chi connectivity index (χ3n) is 7.24. The van der Waals surface area contributed by atoms with Gasteiger partial charge in [-0.25, -0.2) is 4.98 Å². The van der Waals surface area contributed by atoms with Crippen molar-refractivity contribution in [2.75, 3.05) is 26.2 Å². The van der Waals surface area contributed by atoms with Gasteiger partial charge >= 0.3 is 5.97 Å². The number of carboxylic acids is 1. The van der Waals surface area contributed by atoms with Gasteiger partial charge in [0.2, 0.25) is 5.91 Å². The molecule has 3 heterocycles. The lowest BCUT2D eigenvalue weighted by Crippen LogP contribution is -2.48. The van der Waals surface area contributed by atoms with Crippen LogP contribution in [0.5, 0.6) is 0 Å². The van der Waals surface area contributed by atoms with Gasteiger partial charge in [0.25, 0.3) is 0 Å². The van der Waals surface area contributed by atoms with Gasteiger partial charge in [0, 0.05) is 50.4 Å². The Morgan fingerprint density at radius 2 is 1.96 bits per heavy atom.